The average Bonchev–Trinajstić information content (AvgIpc) is 2.78. The van der Waals surface area contributed by atoms with Crippen LogP contribution in [0.1, 0.15) is 32.7 Å². The highest BCUT2D eigenvalue weighted by Crippen LogP contribution is 2.31. The van der Waals surface area contributed by atoms with Crippen LogP contribution in [0.3, 0.4) is 0 Å². The van der Waals surface area contributed by atoms with E-state index in [0.717, 1.165) is 29.8 Å². The van der Waals surface area contributed by atoms with E-state index in [-0.39, 0.29) is 11.8 Å². The predicted octanol–water partition coefficient (Wildman–Crippen LogP) is 3.99. The predicted molar refractivity (Wildman–Crippen MR) is 119 cm³/mol. The molecule has 2 heterocycles. The van der Waals surface area contributed by atoms with Gasteiger partial charge in [-0.15, -0.1) is 0 Å². The van der Waals surface area contributed by atoms with Gasteiger partial charge in [0.05, 0.1) is 5.56 Å². The Morgan fingerprint density at radius 2 is 1.87 bits per heavy atom. The third-order valence-corrected chi connectivity index (χ3v) is 5.24. The number of benzene rings is 2. The summed E-state index contributed by atoms with van der Waals surface area (Å²) >= 11 is 0. The third kappa shape index (κ3) is 4.03. The Morgan fingerprint density at radius 1 is 1.03 bits per heavy atom. The van der Waals surface area contributed by atoms with E-state index in [4.69, 9.17) is 0 Å². The first kappa shape index (κ1) is 19.6. The van der Waals surface area contributed by atoms with E-state index in [2.05, 4.69) is 10.3 Å². The summed E-state index contributed by atoms with van der Waals surface area (Å²) in [5.41, 5.74) is 4.71. The van der Waals surface area contributed by atoms with Gasteiger partial charge in [-0.25, -0.2) is 0 Å². The molecule has 0 saturated carbocycles. The van der Waals surface area contributed by atoms with Gasteiger partial charge in [-0.3, -0.25) is 14.6 Å². The van der Waals surface area contributed by atoms with Gasteiger partial charge in [0, 0.05) is 55.7 Å². The highest BCUT2D eigenvalue weighted by Gasteiger charge is 2.24. The van der Waals surface area contributed by atoms with Gasteiger partial charge >= 0.3 is 0 Å². The van der Waals surface area contributed by atoms with E-state index in [0.29, 0.717) is 23.4 Å². The number of rotatable bonds is 4. The van der Waals surface area contributed by atoms with Gasteiger partial charge in [0.25, 0.3) is 11.8 Å². The van der Waals surface area contributed by atoms with Crippen LogP contribution in [-0.2, 0) is 6.42 Å². The van der Waals surface area contributed by atoms with Gasteiger partial charge in [-0.2, -0.15) is 0 Å². The second kappa shape index (κ2) is 8.37. The van der Waals surface area contributed by atoms with Gasteiger partial charge in [-0.05, 0) is 60.9 Å². The van der Waals surface area contributed by atoms with Crippen LogP contribution in [0.4, 0.5) is 17.1 Å². The number of carbonyl (C=O) groups excluding carboxylic acids is 2. The number of fused-ring (bicyclic) bond motifs is 1. The largest absolute Gasteiger partial charge is 0.378 e. The molecule has 0 radical (unpaired) electrons. The topological polar surface area (TPSA) is 65.5 Å². The van der Waals surface area contributed by atoms with Gasteiger partial charge in [0.1, 0.15) is 0 Å². The summed E-state index contributed by atoms with van der Waals surface area (Å²) in [6.45, 7) is 0.642. The molecule has 2 aromatic carbocycles. The standard InChI is InChI=1S/C24H24N4O2/c1-27(2)21-9-3-6-18(14-21)23(29)26-20-11-10-17-8-5-13-28(22(17)15-20)24(30)19-7-4-12-25-16-19/h3-4,6-7,9-12,14-16H,5,8,13H2,1-2H3,(H,26,29). The number of aromatic nitrogens is 1. The molecular formula is C24H24N4O2. The fourth-order valence-electron chi connectivity index (χ4n) is 3.64. The normalized spacial score (nSPS) is 12.8. The Hall–Kier alpha value is -3.67. The van der Waals surface area contributed by atoms with Crippen molar-refractivity contribution in [2.45, 2.75) is 12.8 Å². The van der Waals surface area contributed by atoms with Crippen molar-refractivity contribution in [3.05, 3.63) is 83.7 Å². The minimum absolute atomic E-state index is 0.0776. The summed E-state index contributed by atoms with van der Waals surface area (Å²) in [5.74, 6) is -0.259. The van der Waals surface area contributed by atoms with Crippen molar-refractivity contribution in [2.75, 3.05) is 35.8 Å². The van der Waals surface area contributed by atoms with Crippen LogP contribution in [0.5, 0.6) is 0 Å². The number of carbonyl (C=O) groups is 2. The molecule has 30 heavy (non-hydrogen) atoms. The van der Waals surface area contributed by atoms with Crippen molar-refractivity contribution < 1.29 is 9.59 Å². The summed E-state index contributed by atoms with van der Waals surface area (Å²) in [5, 5.41) is 2.97. The molecule has 0 fully saturated rings. The average molecular weight is 400 g/mol. The lowest BCUT2D eigenvalue weighted by Crippen LogP contribution is -2.35. The van der Waals surface area contributed by atoms with Crippen molar-refractivity contribution in [3.63, 3.8) is 0 Å². The number of aryl methyl sites for hydroxylation is 1. The summed E-state index contributed by atoms with van der Waals surface area (Å²) in [6.07, 6.45) is 5.05. The van der Waals surface area contributed by atoms with Crippen molar-refractivity contribution >= 4 is 28.9 Å². The van der Waals surface area contributed by atoms with Gasteiger partial charge < -0.3 is 15.1 Å². The van der Waals surface area contributed by atoms with E-state index in [1.54, 1.807) is 35.5 Å². The van der Waals surface area contributed by atoms with E-state index < -0.39 is 0 Å². The molecular weight excluding hydrogens is 376 g/mol. The number of hydrogen-bond acceptors (Lipinski definition) is 4. The molecule has 152 valence electrons. The highest BCUT2D eigenvalue weighted by molar-refractivity contribution is 6.08. The van der Waals surface area contributed by atoms with Crippen LogP contribution in [0.15, 0.2) is 67.0 Å². The van der Waals surface area contributed by atoms with Crippen LogP contribution in [0, 0.1) is 0 Å². The van der Waals surface area contributed by atoms with E-state index >= 15 is 0 Å². The number of pyridine rings is 1. The zero-order chi connectivity index (χ0) is 21.1. The minimum Gasteiger partial charge on any atom is -0.378 e. The molecule has 6 heteroatoms. The molecule has 1 N–H and O–H groups in total. The Labute approximate surface area is 176 Å². The molecule has 0 atom stereocenters. The summed E-state index contributed by atoms with van der Waals surface area (Å²) in [4.78, 5) is 33.6. The SMILES string of the molecule is CN(C)c1cccc(C(=O)Nc2ccc3c(c2)N(C(=O)c2cccnc2)CCC3)c1. The summed E-state index contributed by atoms with van der Waals surface area (Å²) < 4.78 is 0. The van der Waals surface area contributed by atoms with Crippen LogP contribution in [0.2, 0.25) is 0 Å². The fourth-order valence-corrected chi connectivity index (χ4v) is 3.64. The fraction of sp³-hybridized carbons (Fsp3) is 0.208. The molecule has 1 aliphatic rings. The highest BCUT2D eigenvalue weighted by atomic mass is 16.2. The molecule has 0 unspecified atom stereocenters. The maximum absolute atomic E-state index is 13.0. The lowest BCUT2D eigenvalue weighted by atomic mass is 10.00. The lowest BCUT2D eigenvalue weighted by Gasteiger charge is -2.30. The first-order chi connectivity index (χ1) is 14.5. The molecule has 0 aliphatic carbocycles. The maximum atomic E-state index is 13.0. The van der Waals surface area contributed by atoms with Gasteiger partial charge in [-0.1, -0.05) is 12.1 Å². The quantitative estimate of drug-likeness (QED) is 0.719. The Kier molecular flexibility index (Phi) is 5.48. The van der Waals surface area contributed by atoms with Crippen molar-refractivity contribution in [3.8, 4) is 0 Å². The van der Waals surface area contributed by atoms with E-state index in [1.165, 1.54) is 0 Å². The monoisotopic (exact) mass is 400 g/mol. The molecule has 0 bridgehead atoms. The third-order valence-electron chi connectivity index (χ3n) is 5.24. The minimum atomic E-state index is -0.181. The van der Waals surface area contributed by atoms with Crippen molar-refractivity contribution in [1.29, 1.82) is 0 Å². The van der Waals surface area contributed by atoms with E-state index in [9.17, 15) is 9.59 Å². The van der Waals surface area contributed by atoms with Crippen LogP contribution in [0.25, 0.3) is 0 Å². The van der Waals surface area contributed by atoms with Crippen LogP contribution < -0.4 is 15.1 Å². The van der Waals surface area contributed by atoms with Gasteiger partial charge in [0.2, 0.25) is 0 Å². The Morgan fingerprint density at radius 3 is 2.63 bits per heavy atom. The molecule has 2 amide bonds. The first-order valence-corrected chi connectivity index (χ1v) is 9.96. The molecule has 1 aromatic heterocycles. The van der Waals surface area contributed by atoms with Crippen LogP contribution in [-0.4, -0.2) is 37.4 Å². The van der Waals surface area contributed by atoms with Crippen LogP contribution >= 0.6 is 0 Å². The first-order valence-electron chi connectivity index (χ1n) is 9.96. The van der Waals surface area contributed by atoms with E-state index in [1.807, 2.05) is 55.4 Å². The van der Waals surface area contributed by atoms with Crippen molar-refractivity contribution in [2.24, 2.45) is 0 Å². The molecule has 0 saturated heterocycles. The second-order valence-corrected chi connectivity index (χ2v) is 7.54. The second-order valence-electron chi connectivity index (χ2n) is 7.54. The molecule has 0 spiro atoms. The zero-order valence-corrected chi connectivity index (χ0v) is 17.1. The number of nitrogens with one attached hydrogen (secondary N) is 1. The summed E-state index contributed by atoms with van der Waals surface area (Å²) in [7, 11) is 3.88. The lowest BCUT2D eigenvalue weighted by molar-refractivity contribution is 0.0983. The van der Waals surface area contributed by atoms with Crippen molar-refractivity contribution in [1.82, 2.24) is 4.98 Å². The molecule has 4 rings (SSSR count). The Bertz CT molecular complexity index is 1080. The molecule has 1 aliphatic heterocycles. The number of amides is 2. The smallest absolute Gasteiger partial charge is 0.259 e. The molecule has 6 nitrogen and oxygen atoms in total. The summed E-state index contributed by atoms with van der Waals surface area (Å²) in [6, 6.07) is 16.8. The Balaban J connectivity index is 1.59. The number of anilines is 3. The maximum Gasteiger partial charge on any atom is 0.259 e. The number of hydrogen-bond donors (Lipinski definition) is 1. The van der Waals surface area contributed by atoms with Gasteiger partial charge in [0.15, 0.2) is 0 Å². The zero-order valence-electron chi connectivity index (χ0n) is 17.1. The molecule has 3 aromatic rings. The number of nitrogens with zero attached hydrogens (tertiary/aromatic N) is 3.